The standard InChI is InChI=1S/C17H16F2N4O.Co/c1-10-7-11(18)8-13(19)16(10)22-17-12-4-6-23(9-15(24)20-2)14(12)3-5-21-17;/h3-8H,9H2,1-2H3,(H2,20,21,22,24);/p-1. The van der Waals surface area contributed by atoms with E-state index in [2.05, 4.69) is 15.6 Å². The van der Waals surface area contributed by atoms with Gasteiger partial charge in [-0.15, -0.1) is 7.05 Å². The number of pyridine rings is 1. The van der Waals surface area contributed by atoms with E-state index in [1.54, 1.807) is 36.0 Å². The zero-order valence-electron chi connectivity index (χ0n) is 13.5. The van der Waals surface area contributed by atoms with E-state index in [0.717, 1.165) is 17.0 Å². The molecule has 1 radical (unpaired) electrons. The predicted molar refractivity (Wildman–Crippen MR) is 88.4 cm³/mol. The van der Waals surface area contributed by atoms with Crippen LogP contribution in [-0.2, 0) is 28.1 Å². The van der Waals surface area contributed by atoms with E-state index >= 15 is 0 Å². The third kappa shape index (κ3) is 3.80. The summed E-state index contributed by atoms with van der Waals surface area (Å²) in [5, 5.41) is 7.26. The Kier molecular flexibility index (Phi) is 5.76. The Hall–Kier alpha value is -2.45. The number of amides is 1. The van der Waals surface area contributed by atoms with Crippen molar-refractivity contribution in [2.45, 2.75) is 13.5 Å². The average Bonchev–Trinajstić information content (AvgIpc) is 2.94. The zero-order chi connectivity index (χ0) is 17.3. The van der Waals surface area contributed by atoms with Crippen molar-refractivity contribution < 1.29 is 30.4 Å². The van der Waals surface area contributed by atoms with Crippen molar-refractivity contribution in [1.29, 1.82) is 0 Å². The molecule has 0 bridgehead atoms. The molecule has 0 aliphatic rings. The minimum absolute atomic E-state index is 0. The molecule has 0 aliphatic heterocycles. The maximum atomic E-state index is 14.0. The molecule has 1 N–H and O–H groups in total. The van der Waals surface area contributed by atoms with Crippen LogP contribution in [0.4, 0.5) is 20.3 Å². The van der Waals surface area contributed by atoms with Gasteiger partial charge in [0, 0.05) is 40.6 Å². The molecular weight excluding hydrogens is 373 g/mol. The van der Waals surface area contributed by atoms with Gasteiger partial charge in [0.2, 0.25) is 0 Å². The Balaban J connectivity index is 0.00000225. The first-order valence-corrected chi connectivity index (χ1v) is 7.29. The van der Waals surface area contributed by atoms with Crippen LogP contribution in [0.2, 0.25) is 0 Å². The van der Waals surface area contributed by atoms with Crippen molar-refractivity contribution in [3.63, 3.8) is 0 Å². The Labute approximate surface area is 153 Å². The molecule has 1 aromatic carbocycles. The van der Waals surface area contributed by atoms with Gasteiger partial charge >= 0.3 is 0 Å². The number of carbonyl (C=O) groups is 1. The number of benzene rings is 1. The molecule has 1 amide bonds. The van der Waals surface area contributed by atoms with Crippen molar-refractivity contribution in [2.24, 2.45) is 0 Å². The number of hydrogen-bond donors (Lipinski definition) is 1. The first-order valence-electron chi connectivity index (χ1n) is 7.29. The summed E-state index contributed by atoms with van der Waals surface area (Å²) in [4.78, 5) is 15.7. The fraction of sp³-hybridized carbons (Fsp3) is 0.176. The van der Waals surface area contributed by atoms with Crippen molar-refractivity contribution in [1.82, 2.24) is 9.55 Å². The van der Waals surface area contributed by atoms with Gasteiger partial charge in [0.05, 0.1) is 23.7 Å². The van der Waals surface area contributed by atoms with Gasteiger partial charge in [-0.3, -0.25) is 0 Å². The van der Waals surface area contributed by atoms with Gasteiger partial charge < -0.3 is 20.0 Å². The molecule has 133 valence electrons. The second-order valence-corrected chi connectivity index (χ2v) is 5.36. The van der Waals surface area contributed by atoms with Crippen LogP contribution in [-0.4, -0.2) is 22.5 Å². The maximum absolute atomic E-state index is 14.0. The van der Waals surface area contributed by atoms with E-state index < -0.39 is 11.6 Å². The Morgan fingerprint density at radius 3 is 2.76 bits per heavy atom. The maximum Gasteiger partial charge on any atom is 0.149 e. The van der Waals surface area contributed by atoms with Crippen molar-refractivity contribution in [3.8, 4) is 0 Å². The molecular formula is C17H15CoF2N4O-. The number of likely N-dealkylation sites (N-methyl/N-ethyl adjacent to an activating group) is 1. The van der Waals surface area contributed by atoms with Gasteiger partial charge in [-0.2, -0.15) is 0 Å². The minimum atomic E-state index is -0.689. The van der Waals surface area contributed by atoms with Gasteiger partial charge in [0.25, 0.3) is 0 Å². The molecule has 0 atom stereocenters. The Bertz CT molecular complexity index is 903. The molecule has 0 spiro atoms. The summed E-state index contributed by atoms with van der Waals surface area (Å²) in [6.45, 7) is 1.73. The quantitative estimate of drug-likeness (QED) is 0.738. The summed E-state index contributed by atoms with van der Waals surface area (Å²) in [5.74, 6) is -1.14. The van der Waals surface area contributed by atoms with E-state index in [9.17, 15) is 13.6 Å². The third-order valence-electron chi connectivity index (χ3n) is 3.75. The minimum Gasteiger partial charge on any atom is -0.654 e. The monoisotopic (exact) mass is 388 g/mol. The van der Waals surface area contributed by atoms with E-state index in [-0.39, 0.29) is 34.9 Å². The zero-order valence-corrected chi connectivity index (χ0v) is 14.6. The smallest absolute Gasteiger partial charge is 0.149 e. The number of nitrogens with zero attached hydrogens (tertiary/aromatic N) is 3. The van der Waals surface area contributed by atoms with E-state index in [0.29, 0.717) is 11.4 Å². The molecule has 5 nitrogen and oxygen atoms in total. The first kappa shape index (κ1) is 18.9. The number of rotatable bonds is 4. The Morgan fingerprint density at radius 2 is 2.08 bits per heavy atom. The summed E-state index contributed by atoms with van der Waals surface area (Å²) < 4.78 is 29.0. The van der Waals surface area contributed by atoms with Gasteiger partial charge in [-0.05, 0) is 30.7 Å². The van der Waals surface area contributed by atoms with Crippen molar-refractivity contribution in [2.75, 3.05) is 12.4 Å². The summed E-state index contributed by atoms with van der Waals surface area (Å²) in [7, 11) is 1.45. The second-order valence-electron chi connectivity index (χ2n) is 5.36. The molecule has 0 saturated heterocycles. The van der Waals surface area contributed by atoms with E-state index in [4.69, 9.17) is 0 Å². The van der Waals surface area contributed by atoms with Crippen LogP contribution in [0.25, 0.3) is 16.2 Å². The van der Waals surface area contributed by atoms with Crippen molar-refractivity contribution in [3.05, 3.63) is 59.2 Å². The van der Waals surface area contributed by atoms with Crippen LogP contribution in [0.5, 0.6) is 0 Å². The van der Waals surface area contributed by atoms with Crippen LogP contribution in [0.15, 0.2) is 36.7 Å². The predicted octanol–water partition coefficient (Wildman–Crippen LogP) is 3.89. The fourth-order valence-electron chi connectivity index (χ4n) is 2.56. The Morgan fingerprint density at radius 1 is 1.32 bits per heavy atom. The topological polar surface area (TPSA) is 61.0 Å². The molecule has 8 heteroatoms. The number of hydrogen-bond acceptors (Lipinski definition) is 3. The van der Waals surface area contributed by atoms with Gasteiger partial charge in [0.1, 0.15) is 17.5 Å². The SMILES string of the molecule is C[N-]C(=O)Cn1ccc2c(Nc3c(C)cc(F)cc3F)nccc21.[Co]. The van der Waals surface area contributed by atoms with Crippen LogP contribution in [0.1, 0.15) is 5.56 Å². The number of anilines is 2. The molecule has 2 aromatic heterocycles. The molecule has 0 unspecified atom stereocenters. The number of halogens is 2. The number of carbonyl (C=O) groups excluding carboxylic acids is 1. The number of aromatic nitrogens is 2. The molecule has 0 aliphatic carbocycles. The van der Waals surface area contributed by atoms with Crippen molar-refractivity contribution >= 4 is 28.3 Å². The molecule has 0 fully saturated rings. The third-order valence-corrected chi connectivity index (χ3v) is 3.75. The van der Waals surface area contributed by atoms with E-state index in [1.807, 2.05) is 0 Å². The fourth-order valence-corrected chi connectivity index (χ4v) is 2.56. The second kappa shape index (κ2) is 7.62. The molecule has 25 heavy (non-hydrogen) atoms. The molecule has 3 aromatic rings. The molecule has 2 heterocycles. The molecule has 3 rings (SSSR count). The summed E-state index contributed by atoms with van der Waals surface area (Å²) in [6, 6.07) is 5.61. The van der Waals surface area contributed by atoms with Gasteiger partial charge in [0.15, 0.2) is 0 Å². The number of fused-ring (bicyclic) bond motifs is 1. The number of nitrogens with one attached hydrogen (secondary N) is 1. The first-order chi connectivity index (χ1) is 11.5. The van der Waals surface area contributed by atoms with Crippen LogP contribution >= 0.6 is 0 Å². The van der Waals surface area contributed by atoms with Gasteiger partial charge in [-0.25, -0.2) is 13.8 Å². The van der Waals surface area contributed by atoms with E-state index in [1.165, 1.54) is 13.1 Å². The molecule has 0 saturated carbocycles. The van der Waals surface area contributed by atoms with Crippen LogP contribution < -0.4 is 5.32 Å². The van der Waals surface area contributed by atoms with Crippen LogP contribution in [0.3, 0.4) is 0 Å². The van der Waals surface area contributed by atoms with Crippen LogP contribution in [0, 0.1) is 18.6 Å². The number of aryl methyl sites for hydroxylation is 1. The summed E-state index contributed by atoms with van der Waals surface area (Å²) >= 11 is 0. The summed E-state index contributed by atoms with van der Waals surface area (Å²) in [6.07, 6.45) is 3.31. The van der Waals surface area contributed by atoms with Gasteiger partial charge in [-0.1, -0.05) is 0 Å². The largest absolute Gasteiger partial charge is 0.654 e. The average molecular weight is 388 g/mol. The normalized spacial score (nSPS) is 10.4. The summed E-state index contributed by atoms with van der Waals surface area (Å²) in [5.41, 5.74) is 1.37.